The molecule has 70 valence electrons. The first-order chi connectivity index (χ1) is 6.16. The van der Waals surface area contributed by atoms with Gasteiger partial charge < -0.3 is 5.73 Å². The lowest BCUT2D eigenvalue weighted by molar-refractivity contribution is 0.617. The molecule has 0 bridgehead atoms. The van der Waals surface area contributed by atoms with Gasteiger partial charge in [0.25, 0.3) is 0 Å². The zero-order valence-electron chi connectivity index (χ0n) is 6.59. The number of hydrazine groups is 1. The third-order valence-electron chi connectivity index (χ3n) is 1.41. The van der Waals surface area contributed by atoms with Crippen LogP contribution in [-0.2, 0) is 0 Å². The van der Waals surface area contributed by atoms with Crippen molar-refractivity contribution in [2.75, 3.05) is 0 Å². The molecule has 0 radical (unpaired) electrons. The predicted octanol–water partition coefficient (Wildman–Crippen LogP) is 0.672. The van der Waals surface area contributed by atoms with Gasteiger partial charge in [0.05, 0.1) is 10.0 Å². The molecule has 0 amide bonds. The molecule has 0 aliphatic heterocycles. The van der Waals surface area contributed by atoms with Gasteiger partial charge >= 0.3 is 0 Å². The first kappa shape index (κ1) is 9.94. The molecule has 1 aromatic rings. The van der Waals surface area contributed by atoms with E-state index in [1.165, 1.54) is 6.07 Å². The zero-order chi connectivity index (χ0) is 9.84. The number of nitrogens with two attached hydrogens (primary N) is 2. The van der Waals surface area contributed by atoms with E-state index < -0.39 is 5.82 Å². The molecule has 0 aliphatic carbocycles. The number of nitrogens with zero attached hydrogens (tertiary/aromatic N) is 1. The molecule has 0 aromatic heterocycles. The lowest BCUT2D eigenvalue weighted by Gasteiger charge is -2.02. The van der Waals surface area contributed by atoms with E-state index in [2.05, 4.69) is 21.0 Å². The number of nitrogens with one attached hydrogen (secondary N) is 1. The van der Waals surface area contributed by atoms with Crippen LogP contribution < -0.4 is 17.1 Å². The Morgan fingerprint density at radius 3 is 2.85 bits per heavy atom. The number of halogens is 2. The molecule has 0 aliphatic rings. The second-order valence-electron chi connectivity index (χ2n) is 2.23. The van der Waals surface area contributed by atoms with Crippen molar-refractivity contribution in [3.8, 4) is 0 Å². The van der Waals surface area contributed by atoms with Crippen molar-refractivity contribution < 1.29 is 4.39 Å². The highest BCUT2D eigenvalue weighted by Crippen LogP contribution is 2.17. The summed E-state index contributed by atoms with van der Waals surface area (Å²) in [6.45, 7) is 0. The van der Waals surface area contributed by atoms with E-state index in [1.807, 2.05) is 5.53 Å². The monoisotopic (exact) mass is 246 g/mol. The minimum absolute atomic E-state index is 0.00120. The molecule has 6 heteroatoms. The average molecular weight is 247 g/mol. The van der Waals surface area contributed by atoms with Crippen LogP contribution in [0.5, 0.6) is 0 Å². The van der Waals surface area contributed by atoms with Crippen LogP contribution in [-0.4, -0.2) is 5.84 Å². The zero-order valence-corrected chi connectivity index (χ0v) is 8.18. The van der Waals surface area contributed by atoms with Gasteiger partial charge in [-0.1, -0.05) is 6.07 Å². The molecule has 0 spiro atoms. The van der Waals surface area contributed by atoms with Gasteiger partial charge in [-0.25, -0.2) is 15.8 Å². The maximum absolute atomic E-state index is 13.3. The molecule has 0 unspecified atom stereocenters. The molecule has 1 aromatic carbocycles. The van der Waals surface area contributed by atoms with Gasteiger partial charge in [0.2, 0.25) is 0 Å². The van der Waals surface area contributed by atoms with E-state index in [9.17, 15) is 4.39 Å². The molecule has 0 fully saturated rings. The Bertz CT molecular complexity index is 339. The third kappa shape index (κ3) is 2.16. The number of amidine groups is 1. The van der Waals surface area contributed by atoms with E-state index in [1.54, 1.807) is 12.1 Å². The lowest BCUT2D eigenvalue weighted by Crippen LogP contribution is -2.23. The average Bonchev–Trinajstić information content (AvgIpc) is 2.10. The number of hydrazone groups is 1. The highest BCUT2D eigenvalue weighted by Gasteiger charge is 2.08. The van der Waals surface area contributed by atoms with Gasteiger partial charge in [-0.05, 0) is 28.1 Å². The maximum atomic E-state index is 13.3. The summed E-state index contributed by atoms with van der Waals surface area (Å²) in [7, 11) is 0. The fraction of sp³-hybridized carbons (Fsp3) is 0. The lowest BCUT2D eigenvalue weighted by atomic mass is 10.2. The van der Waals surface area contributed by atoms with E-state index in [0.29, 0.717) is 4.47 Å². The molecular weight excluding hydrogens is 239 g/mol. The van der Waals surface area contributed by atoms with Crippen LogP contribution in [0, 0.1) is 5.82 Å². The second-order valence-corrected chi connectivity index (χ2v) is 3.08. The Morgan fingerprint density at radius 1 is 1.54 bits per heavy atom. The summed E-state index contributed by atoms with van der Waals surface area (Å²) in [5, 5.41) is 3.46. The second kappa shape index (κ2) is 4.20. The van der Waals surface area contributed by atoms with Gasteiger partial charge in [-0.3, -0.25) is 0 Å². The van der Waals surface area contributed by atoms with E-state index in [4.69, 9.17) is 11.6 Å². The van der Waals surface area contributed by atoms with Crippen molar-refractivity contribution in [2.45, 2.75) is 0 Å². The van der Waals surface area contributed by atoms with Crippen LogP contribution in [0.2, 0.25) is 0 Å². The summed E-state index contributed by atoms with van der Waals surface area (Å²) >= 11 is 3.03. The summed E-state index contributed by atoms with van der Waals surface area (Å²) in [6.07, 6.45) is 0. The van der Waals surface area contributed by atoms with Crippen molar-refractivity contribution >= 4 is 21.8 Å². The smallest absolute Gasteiger partial charge is 0.155 e. The summed E-state index contributed by atoms with van der Waals surface area (Å²) in [4.78, 5) is 0. The maximum Gasteiger partial charge on any atom is 0.155 e. The molecule has 0 saturated carbocycles. The van der Waals surface area contributed by atoms with Crippen LogP contribution in [0.15, 0.2) is 27.8 Å². The Kier molecular flexibility index (Phi) is 3.21. The van der Waals surface area contributed by atoms with Crippen LogP contribution >= 0.6 is 15.9 Å². The van der Waals surface area contributed by atoms with Gasteiger partial charge in [0, 0.05) is 0 Å². The van der Waals surface area contributed by atoms with Crippen LogP contribution in [0.3, 0.4) is 0 Å². The minimum atomic E-state index is -0.459. The van der Waals surface area contributed by atoms with Gasteiger partial charge in [-0.15, -0.1) is 5.10 Å². The van der Waals surface area contributed by atoms with Crippen molar-refractivity contribution in [1.82, 2.24) is 5.53 Å². The molecular formula is C7H8BrFN4. The van der Waals surface area contributed by atoms with E-state index in [0.717, 1.165) is 0 Å². The molecule has 4 nitrogen and oxygen atoms in total. The predicted molar refractivity (Wildman–Crippen MR) is 52.1 cm³/mol. The quantitative estimate of drug-likeness (QED) is 0.311. The van der Waals surface area contributed by atoms with Gasteiger partial charge in [-0.2, -0.15) is 0 Å². The largest absolute Gasteiger partial charge is 0.382 e. The van der Waals surface area contributed by atoms with Crippen LogP contribution in [0.4, 0.5) is 4.39 Å². The fourth-order valence-corrected chi connectivity index (χ4v) is 1.20. The highest BCUT2D eigenvalue weighted by molar-refractivity contribution is 9.10. The van der Waals surface area contributed by atoms with Gasteiger partial charge in [0.1, 0.15) is 5.82 Å². The Labute approximate surface area is 82.9 Å². The molecule has 13 heavy (non-hydrogen) atoms. The first-order valence-electron chi connectivity index (χ1n) is 3.40. The van der Waals surface area contributed by atoms with E-state index >= 15 is 0 Å². The first-order valence-corrected chi connectivity index (χ1v) is 4.19. The number of hydrogen-bond donors (Lipinski definition) is 3. The van der Waals surface area contributed by atoms with Crippen molar-refractivity contribution in [3.05, 3.63) is 34.1 Å². The normalized spacial score (nSPS) is 11.5. The molecule has 5 N–H and O–H groups in total. The summed E-state index contributed by atoms with van der Waals surface area (Å²) in [5.74, 6) is 4.45. The van der Waals surface area contributed by atoms with Crippen LogP contribution in [0.25, 0.3) is 0 Å². The van der Waals surface area contributed by atoms with Crippen molar-refractivity contribution in [3.63, 3.8) is 0 Å². The van der Waals surface area contributed by atoms with Crippen molar-refractivity contribution in [2.24, 2.45) is 16.7 Å². The SMILES string of the molecule is NN/N=C(\N)c1cccc(Br)c1F. The standard InChI is InChI=1S/C7H8BrFN4/c8-5-3-1-2-4(6(5)9)7(10)12-13-11/h1-3,13H,11H2,(H2,10,12). The van der Waals surface area contributed by atoms with Gasteiger partial charge in [0.15, 0.2) is 5.84 Å². The molecule has 0 atom stereocenters. The molecule has 1 rings (SSSR count). The summed E-state index contributed by atoms with van der Waals surface area (Å²) in [5.41, 5.74) is 7.62. The molecule has 0 heterocycles. The Morgan fingerprint density at radius 2 is 2.23 bits per heavy atom. The number of hydrogen-bond acceptors (Lipinski definition) is 3. The Balaban J connectivity index is 3.15. The molecule has 0 saturated heterocycles. The summed E-state index contributed by atoms with van der Waals surface area (Å²) in [6, 6.07) is 4.74. The highest BCUT2D eigenvalue weighted by atomic mass is 79.9. The van der Waals surface area contributed by atoms with E-state index in [-0.39, 0.29) is 11.4 Å². The number of rotatable bonds is 2. The fourth-order valence-electron chi connectivity index (χ4n) is 0.831. The minimum Gasteiger partial charge on any atom is -0.382 e. The third-order valence-corrected chi connectivity index (χ3v) is 2.02. The van der Waals surface area contributed by atoms with Crippen LogP contribution in [0.1, 0.15) is 5.56 Å². The van der Waals surface area contributed by atoms with Crippen molar-refractivity contribution in [1.29, 1.82) is 0 Å². The summed E-state index contributed by atoms with van der Waals surface area (Å²) < 4.78 is 13.6. The Hall–Kier alpha value is -1.14. The number of benzene rings is 1. The topological polar surface area (TPSA) is 76.4 Å².